The monoisotopic (exact) mass is 539 g/mol. The second kappa shape index (κ2) is 8.53. The first kappa shape index (κ1) is 26.0. The molecule has 0 aromatic heterocycles. The highest BCUT2D eigenvalue weighted by Crippen LogP contribution is 2.74. The van der Waals surface area contributed by atoms with Gasteiger partial charge < -0.3 is 4.74 Å². The number of carbonyl (C=O) groups is 3. The molecule has 2 aromatic rings. The van der Waals surface area contributed by atoms with Crippen molar-refractivity contribution in [3.05, 3.63) is 54.1 Å². The number of benzene rings is 2. The molecule has 4 fully saturated rings. The summed E-state index contributed by atoms with van der Waals surface area (Å²) in [7, 11) is 1.51. The van der Waals surface area contributed by atoms with Crippen LogP contribution in [0.3, 0.4) is 0 Å². The van der Waals surface area contributed by atoms with Crippen LogP contribution >= 0.6 is 0 Å². The standard InChI is InChI=1S/C35H41NO4/c1-20(2)24-19-35-17-14-26-33(3,15-9-16-34(26,4)32(39)40-5)27(35)18-23(24)28-29(35)31(38)36(30(28)37)25-13-8-11-21-10-6-7-12-22(21)25/h6-8,10-13,19-20,23,26-29H,9,14-18H2,1-5H3/t23-,26+,27+,28+,29-,33-,34+,35-/m0/s1. The van der Waals surface area contributed by atoms with Crippen molar-refractivity contribution in [3.8, 4) is 0 Å². The van der Waals surface area contributed by atoms with Crippen LogP contribution in [0.4, 0.5) is 5.69 Å². The number of rotatable bonds is 3. The van der Waals surface area contributed by atoms with E-state index in [1.807, 2.05) is 42.5 Å². The molecule has 1 saturated heterocycles. The van der Waals surface area contributed by atoms with Crippen LogP contribution in [0.15, 0.2) is 54.1 Å². The van der Waals surface area contributed by atoms with Crippen LogP contribution in [0.2, 0.25) is 0 Å². The quantitative estimate of drug-likeness (QED) is 0.241. The van der Waals surface area contributed by atoms with Gasteiger partial charge in [0.25, 0.3) is 0 Å². The predicted molar refractivity (Wildman–Crippen MR) is 155 cm³/mol. The van der Waals surface area contributed by atoms with E-state index in [1.165, 1.54) is 12.7 Å². The molecule has 3 saturated carbocycles. The molecule has 210 valence electrons. The van der Waals surface area contributed by atoms with Crippen LogP contribution in [0.25, 0.3) is 10.8 Å². The van der Waals surface area contributed by atoms with E-state index in [9.17, 15) is 14.4 Å². The number of carbonyl (C=O) groups excluding carboxylic acids is 3. The van der Waals surface area contributed by atoms with E-state index in [1.54, 1.807) is 4.90 Å². The molecule has 8 atom stereocenters. The van der Waals surface area contributed by atoms with Crippen molar-refractivity contribution in [3.63, 3.8) is 0 Å². The Balaban J connectivity index is 1.37. The summed E-state index contributed by atoms with van der Waals surface area (Å²) in [5.74, 6) is 0.101. The molecule has 40 heavy (non-hydrogen) atoms. The molecule has 8 rings (SSSR count). The molecule has 2 bridgehead atoms. The molecule has 2 aromatic carbocycles. The lowest BCUT2D eigenvalue weighted by atomic mass is 9.34. The first-order valence-electron chi connectivity index (χ1n) is 15.2. The highest BCUT2D eigenvalue weighted by atomic mass is 16.5. The van der Waals surface area contributed by atoms with Crippen LogP contribution in [0, 0.1) is 51.8 Å². The average Bonchev–Trinajstić information content (AvgIpc) is 3.23. The highest BCUT2D eigenvalue weighted by Gasteiger charge is 2.73. The van der Waals surface area contributed by atoms with Gasteiger partial charge in [0.2, 0.25) is 11.8 Å². The van der Waals surface area contributed by atoms with Gasteiger partial charge in [0, 0.05) is 10.8 Å². The van der Waals surface area contributed by atoms with Crippen molar-refractivity contribution in [1.82, 2.24) is 0 Å². The van der Waals surface area contributed by atoms with E-state index < -0.39 is 5.41 Å². The summed E-state index contributed by atoms with van der Waals surface area (Å²) in [5, 5.41) is 1.98. The zero-order valence-electron chi connectivity index (χ0n) is 24.4. The molecule has 5 nitrogen and oxygen atoms in total. The molecule has 1 heterocycles. The number of imide groups is 1. The minimum absolute atomic E-state index is 0.0178. The number of esters is 1. The van der Waals surface area contributed by atoms with Crippen molar-refractivity contribution in [2.24, 2.45) is 51.8 Å². The number of amides is 2. The lowest BCUT2D eigenvalue weighted by molar-refractivity contribution is -0.196. The number of hydrogen-bond donors (Lipinski definition) is 0. The van der Waals surface area contributed by atoms with Crippen LogP contribution < -0.4 is 4.90 Å². The summed E-state index contributed by atoms with van der Waals surface area (Å²) in [5.41, 5.74) is 1.14. The van der Waals surface area contributed by atoms with Gasteiger partial charge in [-0.2, -0.15) is 0 Å². The lowest BCUT2D eigenvalue weighted by Crippen LogP contribution is -2.65. The van der Waals surface area contributed by atoms with Gasteiger partial charge in [-0.15, -0.1) is 0 Å². The number of ether oxygens (including phenoxy) is 1. The van der Waals surface area contributed by atoms with E-state index in [2.05, 4.69) is 33.8 Å². The molecule has 5 heteroatoms. The Morgan fingerprint density at radius 3 is 2.48 bits per heavy atom. The maximum absolute atomic E-state index is 14.7. The predicted octanol–water partition coefficient (Wildman–Crippen LogP) is 6.94. The van der Waals surface area contributed by atoms with Gasteiger partial charge in [-0.05, 0) is 79.6 Å². The maximum atomic E-state index is 14.7. The maximum Gasteiger partial charge on any atom is 0.311 e. The van der Waals surface area contributed by atoms with Crippen LogP contribution in [-0.2, 0) is 19.1 Å². The summed E-state index contributed by atoms with van der Waals surface area (Å²) in [4.78, 5) is 43.8. The van der Waals surface area contributed by atoms with E-state index >= 15 is 0 Å². The Morgan fingerprint density at radius 2 is 1.73 bits per heavy atom. The van der Waals surface area contributed by atoms with Crippen LogP contribution in [0.1, 0.15) is 66.2 Å². The summed E-state index contributed by atoms with van der Waals surface area (Å²) in [6.07, 6.45) is 8.04. The van der Waals surface area contributed by atoms with Crippen LogP contribution in [-0.4, -0.2) is 24.9 Å². The van der Waals surface area contributed by atoms with E-state index in [4.69, 9.17) is 4.74 Å². The number of fused-ring (bicyclic) bond motifs is 2. The molecule has 2 amide bonds. The Morgan fingerprint density at radius 1 is 0.975 bits per heavy atom. The molecule has 1 aliphatic heterocycles. The minimum atomic E-state index is -0.505. The molecule has 5 aliphatic carbocycles. The second-order valence-corrected chi connectivity index (χ2v) is 14.2. The first-order chi connectivity index (χ1) is 19.1. The fourth-order valence-electron chi connectivity index (χ4n) is 10.8. The van der Waals surface area contributed by atoms with Crippen molar-refractivity contribution < 1.29 is 19.1 Å². The third kappa shape index (κ3) is 3.07. The lowest BCUT2D eigenvalue weighted by Gasteiger charge is -2.68. The van der Waals surface area contributed by atoms with Gasteiger partial charge in [0.05, 0.1) is 30.0 Å². The van der Waals surface area contributed by atoms with Gasteiger partial charge in [-0.1, -0.05) is 75.2 Å². The molecule has 1 spiro atoms. The van der Waals surface area contributed by atoms with Gasteiger partial charge in [0.1, 0.15) is 0 Å². The van der Waals surface area contributed by atoms with Crippen molar-refractivity contribution >= 4 is 34.2 Å². The Kier molecular flexibility index (Phi) is 5.54. The number of nitrogens with zero attached hydrogens (tertiary/aromatic N) is 1. The normalized spacial score (nSPS) is 40.1. The third-order valence-corrected chi connectivity index (χ3v) is 12.3. The van der Waals surface area contributed by atoms with Crippen LogP contribution in [0.5, 0.6) is 0 Å². The molecule has 0 radical (unpaired) electrons. The summed E-state index contributed by atoms with van der Waals surface area (Å²) < 4.78 is 5.37. The van der Waals surface area contributed by atoms with Gasteiger partial charge in [-0.3, -0.25) is 14.4 Å². The zero-order valence-corrected chi connectivity index (χ0v) is 24.4. The smallest absolute Gasteiger partial charge is 0.311 e. The second-order valence-electron chi connectivity index (χ2n) is 14.2. The molecule has 0 N–H and O–H groups in total. The highest BCUT2D eigenvalue weighted by molar-refractivity contribution is 6.25. The van der Waals surface area contributed by atoms with Crippen molar-refractivity contribution in [2.45, 2.75) is 66.2 Å². The molecule has 0 unspecified atom stereocenters. The summed E-state index contributed by atoms with van der Waals surface area (Å²) >= 11 is 0. The largest absolute Gasteiger partial charge is 0.469 e. The number of anilines is 1. The zero-order chi connectivity index (χ0) is 28.2. The van der Waals surface area contributed by atoms with Crippen molar-refractivity contribution in [2.75, 3.05) is 12.0 Å². The van der Waals surface area contributed by atoms with Gasteiger partial charge in [-0.25, -0.2) is 4.90 Å². The summed E-state index contributed by atoms with van der Waals surface area (Å²) in [6.45, 7) is 8.98. The number of methoxy groups -OCH3 is 1. The minimum Gasteiger partial charge on any atom is -0.469 e. The van der Waals surface area contributed by atoms with Gasteiger partial charge >= 0.3 is 5.97 Å². The topological polar surface area (TPSA) is 63.7 Å². The van der Waals surface area contributed by atoms with E-state index in [0.29, 0.717) is 5.92 Å². The Hall–Kier alpha value is -2.95. The molecule has 6 aliphatic rings. The third-order valence-electron chi connectivity index (χ3n) is 12.3. The number of hydrogen-bond acceptors (Lipinski definition) is 4. The Labute approximate surface area is 237 Å². The van der Waals surface area contributed by atoms with E-state index in [-0.39, 0.29) is 58.2 Å². The molecular weight excluding hydrogens is 498 g/mol. The first-order valence-corrected chi connectivity index (χ1v) is 15.2. The fourth-order valence-corrected chi connectivity index (χ4v) is 10.8. The molecular formula is C35H41NO4. The van der Waals surface area contributed by atoms with Crippen molar-refractivity contribution in [1.29, 1.82) is 0 Å². The van der Waals surface area contributed by atoms with Gasteiger partial charge in [0.15, 0.2) is 0 Å². The average molecular weight is 540 g/mol. The SMILES string of the molecule is COC(=O)[C@]1(C)CCC[C@]2(C)[C@H]3C[C@H]4C(C(C)C)=C[C@]3(CC[C@H]21)[C@@H]1C(=O)N(c2cccc3ccccc23)C(=O)[C@@H]14. The summed E-state index contributed by atoms with van der Waals surface area (Å²) in [6, 6.07) is 14.0. The Bertz CT molecular complexity index is 1470. The van der Waals surface area contributed by atoms with E-state index in [0.717, 1.165) is 55.0 Å². The number of allylic oxidation sites excluding steroid dienone is 2. The fraction of sp³-hybridized carbons (Fsp3) is 0.571.